The van der Waals surface area contributed by atoms with Crippen LogP contribution in [0.4, 0.5) is 18.9 Å². The second kappa shape index (κ2) is 7.44. The number of benzene rings is 2. The number of anilines is 1. The fraction of sp³-hybridized carbons (Fsp3) is 0.0667. The second-order valence-corrected chi connectivity index (χ2v) is 8.29. The molecule has 1 N–H and O–H groups in total. The molecule has 142 valence electrons. The van der Waals surface area contributed by atoms with Gasteiger partial charge in [-0.1, -0.05) is 32.6 Å². The van der Waals surface area contributed by atoms with E-state index in [4.69, 9.17) is 0 Å². The third-order valence-corrected chi connectivity index (χ3v) is 5.63. The van der Waals surface area contributed by atoms with Crippen LogP contribution < -0.4 is 9.46 Å². The summed E-state index contributed by atoms with van der Waals surface area (Å²) in [6, 6.07) is 9.41. The van der Waals surface area contributed by atoms with E-state index in [-0.39, 0.29) is 10.2 Å². The number of hydrogen-bond donors (Lipinski definition) is 1. The summed E-state index contributed by atoms with van der Waals surface area (Å²) in [7, 11) is -4.32. The number of nitrogens with zero attached hydrogens (tertiary/aromatic N) is 2. The summed E-state index contributed by atoms with van der Waals surface area (Å²) >= 11 is 4.16. The van der Waals surface area contributed by atoms with Crippen molar-refractivity contribution in [1.82, 2.24) is 9.59 Å². The van der Waals surface area contributed by atoms with Gasteiger partial charge >= 0.3 is 6.36 Å². The van der Waals surface area contributed by atoms with E-state index in [0.717, 1.165) is 17.7 Å². The molecule has 0 unspecified atom stereocenters. The summed E-state index contributed by atoms with van der Waals surface area (Å²) < 4.78 is 72.9. The molecule has 0 saturated carbocycles. The van der Waals surface area contributed by atoms with Crippen LogP contribution in [0.15, 0.2) is 57.2 Å². The molecule has 0 radical (unpaired) electrons. The molecular formula is C15H9BrF3N3O3S2. The Morgan fingerprint density at radius 2 is 1.81 bits per heavy atom. The van der Waals surface area contributed by atoms with Crippen LogP contribution >= 0.6 is 27.5 Å². The maximum absolute atomic E-state index is 12.6. The van der Waals surface area contributed by atoms with E-state index < -0.39 is 27.0 Å². The van der Waals surface area contributed by atoms with Crippen molar-refractivity contribution in [3.05, 3.63) is 52.3 Å². The van der Waals surface area contributed by atoms with E-state index >= 15 is 0 Å². The van der Waals surface area contributed by atoms with Crippen molar-refractivity contribution in [3.8, 4) is 17.0 Å². The number of alkyl halides is 3. The van der Waals surface area contributed by atoms with Crippen LogP contribution in [0.2, 0.25) is 0 Å². The minimum absolute atomic E-state index is 0.169. The zero-order valence-corrected chi connectivity index (χ0v) is 16.3. The van der Waals surface area contributed by atoms with Crippen LogP contribution in [-0.4, -0.2) is 24.4 Å². The van der Waals surface area contributed by atoms with Crippen molar-refractivity contribution in [2.75, 3.05) is 4.72 Å². The van der Waals surface area contributed by atoms with E-state index in [9.17, 15) is 21.6 Å². The lowest BCUT2D eigenvalue weighted by Gasteiger charge is -2.15. The first-order valence-corrected chi connectivity index (χ1v) is 10.2. The highest BCUT2D eigenvalue weighted by atomic mass is 79.9. The Morgan fingerprint density at radius 3 is 2.41 bits per heavy atom. The molecule has 3 aromatic rings. The highest BCUT2D eigenvalue weighted by Crippen LogP contribution is 2.33. The van der Waals surface area contributed by atoms with E-state index in [1.807, 2.05) is 0 Å². The number of hydrogen-bond acceptors (Lipinski definition) is 6. The standard InChI is InChI=1S/C15H9BrF3N3O3S2/c16-10-3-6-14(13(7-10)25-15(17,18)19)27(23,24)21-11-4-1-9(2-5-11)12-8-26-22-20-12/h1-8,21H. The van der Waals surface area contributed by atoms with Gasteiger partial charge in [0.05, 0.1) is 0 Å². The molecule has 3 rings (SSSR count). The first kappa shape index (κ1) is 19.6. The maximum atomic E-state index is 12.6. The molecule has 0 bridgehead atoms. The third kappa shape index (κ3) is 4.96. The third-order valence-electron chi connectivity index (χ3n) is 3.21. The normalized spacial score (nSPS) is 12.0. The molecule has 1 heterocycles. The van der Waals surface area contributed by atoms with Gasteiger partial charge in [0.25, 0.3) is 10.0 Å². The summed E-state index contributed by atoms with van der Waals surface area (Å²) in [6.07, 6.45) is -5.03. The minimum atomic E-state index is -5.03. The fourth-order valence-corrected chi connectivity index (χ4v) is 4.09. The molecule has 0 spiro atoms. The number of ether oxygens (including phenoxy) is 1. The summed E-state index contributed by atoms with van der Waals surface area (Å²) in [5, 5.41) is 5.62. The molecular weight excluding hydrogens is 471 g/mol. The zero-order chi connectivity index (χ0) is 19.7. The van der Waals surface area contributed by atoms with E-state index in [1.165, 1.54) is 29.7 Å². The Morgan fingerprint density at radius 1 is 1.11 bits per heavy atom. The van der Waals surface area contributed by atoms with Gasteiger partial charge in [-0.05, 0) is 41.9 Å². The lowest BCUT2D eigenvalue weighted by atomic mass is 10.2. The topological polar surface area (TPSA) is 81.2 Å². The summed E-state index contributed by atoms with van der Waals surface area (Å²) in [4.78, 5) is -0.643. The molecule has 0 aliphatic carbocycles. The average molecular weight is 480 g/mol. The molecule has 6 nitrogen and oxygen atoms in total. The van der Waals surface area contributed by atoms with Gasteiger partial charge in [-0.25, -0.2) is 8.42 Å². The Hall–Kier alpha value is -2.18. The zero-order valence-electron chi connectivity index (χ0n) is 13.1. The Labute approximate surface area is 164 Å². The Balaban J connectivity index is 1.89. The first-order chi connectivity index (χ1) is 12.6. The van der Waals surface area contributed by atoms with Gasteiger partial charge in [0.1, 0.15) is 10.6 Å². The summed E-state index contributed by atoms with van der Waals surface area (Å²) in [5.74, 6) is -0.838. The van der Waals surface area contributed by atoms with Crippen molar-refractivity contribution in [1.29, 1.82) is 0 Å². The van der Waals surface area contributed by atoms with Crippen molar-refractivity contribution in [2.24, 2.45) is 0 Å². The van der Waals surface area contributed by atoms with E-state index in [2.05, 4.69) is 35.0 Å². The van der Waals surface area contributed by atoms with Crippen LogP contribution in [0.1, 0.15) is 0 Å². The average Bonchev–Trinajstić information content (AvgIpc) is 3.08. The van der Waals surface area contributed by atoms with Crippen LogP contribution in [0.3, 0.4) is 0 Å². The molecule has 27 heavy (non-hydrogen) atoms. The SMILES string of the molecule is O=S(=O)(Nc1ccc(-c2csnn2)cc1)c1ccc(Br)cc1OC(F)(F)F. The lowest BCUT2D eigenvalue weighted by molar-refractivity contribution is -0.275. The maximum Gasteiger partial charge on any atom is 0.573 e. The van der Waals surface area contributed by atoms with Crippen LogP contribution in [0, 0.1) is 0 Å². The molecule has 0 atom stereocenters. The molecule has 0 aliphatic heterocycles. The number of halogens is 4. The van der Waals surface area contributed by atoms with Gasteiger partial charge < -0.3 is 4.74 Å². The summed E-state index contributed by atoms with van der Waals surface area (Å²) in [5.41, 5.74) is 1.52. The monoisotopic (exact) mass is 479 g/mol. The van der Waals surface area contributed by atoms with Gasteiger partial charge in [0.15, 0.2) is 5.75 Å². The Bertz CT molecular complexity index is 1040. The number of sulfonamides is 1. The van der Waals surface area contributed by atoms with Gasteiger partial charge in [-0.2, -0.15) is 0 Å². The lowest BCUT2D eigenvalue weighted by Crippen LogP contribution is -2.21. The molecule has 2 aromatic carbocycles. The van der Waals surface area contributed by atoms with Gasteiger partial charge in [0, 0.05) is 21.1 Å². The minimum Gasteiger partial charge on any atom is -0.404 e. The molecule has 0 fully saturated rings. The van der Waals surface area contributed by atoms with Crippen LogP contribution in [-0.2, 0) is 10.0 Å². The number of rotatable bonds is 5. The molecule has 0 saturated heterocycles. The summed E-state index contributed by atoms with van der Waals surface area (Å²) in [6.45, 7) is 0. The fourth-order valence-electron chi connectivity index (χ4n) is 2.12. The predicted molar refractivity (Wildman–Crippen MR) is 97.0 cm³/mol. The molecule has 12 heteroatoms. The number of nitrogens with one attached hydrogen (secondary N) is 1. The quantitative estimate of drug-likeness (QED) is 0.575. The molecule has 1 aromatic heterocycles. The predicted octanol–water partition coefficient (Wildman–Crippen LogP) is 4.67. The van der Waals surface area contributed by atoms with Gasteiger partial charge in [0.2, 0.25) is 0 Å². The number of aromatic nitrogens is 2. The molecule has 0 aliphatic rings. The highest BCUT2D eigenvalue weighted by molar-refractivity contribution is 9.10. The van der Waals surface area contributed by atoms with Crippen LogP contribution in [0.25, 0.3) is 11.3 Å². The van der Waals surface area contributed by atoms with Crippen LogP contribution in [0.5, 0.6) is 5.75 Å². The van der Waals surface area contributed by atoms with Crippen molar-refractivity contribution < 1.29 is 26.3 Å². The van der Waals surface area contributed by atoms with E-state index in [0.29, 0.717) is 5.69 Å². The van der Waals surface area contributed by atoms with Crippen molar-refractivity contribution >= 4 is 43.2 Å². The first-order valence-electron chi connectivity index (χ1n) is 7.10. The highest BCUT2D eigenvalue weighted by Gasteiger charge is 2.34. The Kier molecular flexibility index (Phi) is 5.40. The van der Waals surface area contributed by atoms with E-state index in [1.54, 1.807) is 17.5 Å². The molecule has 0 amide bonds. The van der Waals surface area contributed by atoms with Crippen molar-refractivity contribution in [3.63, 3.8) is 0 Å². The largest absolute Gasteiger partial charge is 0.573 e. The second-order valence-electron chi connectivity index (χ2n) is 5.11. The van der Waals surface area contributed by atoms with Crippen molar-refractivity contribution in [2.45, 2.75) is 11.3 Å². The van der Waals surface area contributed by atoms with Gasteiger partial charge in [-0.15, -0.1) is 18.3 Å². The van der Waals surface area contributed by atoms with Gasteiger partial charge in [-0.3, -0.25) is 4.72 Å². The smallest absolute Gasteiger partial charge is 0.404 e.